The lowest BCUT2D eigenvalue weighted by atomic mass is 10.0. The Hall–Kier alpha value is -0.550. The number of benzene rings is 1. The molecule has 1 heterocycles. The number of aryl methyl sites for hydroxylation is 2. The van der Waals surface area contributed by atoms with Crippen LogP contribution >= 0.6 is 39.1 Å². The zero-order chi connectivity index (χ0) is 14.2. The van der Waals surface area contributed by atoms with Crippen LogP contribution in [0.4, 0.5) is 0 Å². The van der Waals surface area contributed by atoms with Gasteiger partial charge in [0.05, 0.1) is 5.69 Å². The van der Waals surface area contributed by atoms with Crippen molar-refractivity contribution >= 4 is 39.1 Å². The minimum atomic E-state index is -0.171. The maximum absolute atomic E-state index is 6.24. The van der Waals surface area contributed by atoms with Crippen LogP contribution in [0.2, 0.25) is 10.2 Å². The predicted molar refractivity (Wildman–Crippen MR) is 82.7 cm³/mol. The molecule has 0 amide bonds. The molecule has 2 N–H and O–H groups in total. The van der Waals surface area contributed by atoms with Crippen LogP contribution in [0.25, 0.3) is 0 Å². The van der Waals surface area contributed by atoms with Gasteiger partial charge in [-0.15, -0.1) is 0 Å². The van der Waals surface area contributed by atoms with Crippen LogP contribution in [-0.4, -0.2) is 9.78 Å². The Bertz CT molecular complexity index is 590. The monoisotopic (exact) mass is 361 g/mol. The predicted octanol–water partition coefficient (Wildman–Crippen LogP) is 4.04. The average molecular weight is 363 g/mol. The second kappa shape index (κ2) is 5.83. The van der Waals surface area contributed by atoms with E-state index in [4.69, 9.17) is 28.9 Å². The fourth-order valence-corrected chi connectivity index (χ4v) is 3.17. The molecule has 1 unspecified atom stereocenters. The molecule has 1 aromatic carbocycles. The van der Waals surface area contributed by atoms with Gasteiger partial charge in [0.15, 0.2) is 0 Å². The van der Waals surface area contributed by atoms with E-state index in [2.05, 4.69) is 21.0 Å². The van der Waals surface area contributed by atoms with Crippen molar-refractivity contribution in [3.05, 3.63) is 49.7 Å². The summed E-state index contributed by atoms with van der Waals surface area (Å²) in [6, 6.07) is 5.50. The third-order valence-electron chi connectivity index (χ3n) is 3.01. The fraction of sp³-hybridized carbons (Fsp3) is 0.308. The third kappa shape index (κ3) is 3.31. The van der Waals surface area contributed by atoms with Gasteiger partial charge in [-0.25, -0.2) is 0 Å². The maximum atomic E-state index is 6.24. The molecule has 0 aliphatic rings. The van der Waals surface area contributed by atoms with Gasteiger partial charge in [-0.05, 0) is 37.1 Å². The number of nitrogens with two attached hydrogens (primary N) is 1. The van der Waals surface area contributed by atoms with E-state index in [0.717, 1.165) is 21.3 Å². The molecule has 1 aromatic heterocycles. The normalized spacial score (nSPS) is 12.7. The van der Waals surface area contributed by atoms with E-state index in [0.29, 0.717) is 16.6 Å². The maximum Gasteiger partial charge on any atom is 0.130 e. The molecule has 19 heavy (non-hydrogen) atoms. The van der Waals surface area contributed by atoms with Gasteiger partial charge in [0, 0.05) is 28.1 Å². The van der Waals surface area contributed by atoms with Gasteiger partial charge in [0.2, 0.25) is 0 Å². The molecule has 2 rings (SSSR count). The summed E-state index contributed by atoms with van der Waals surface area (Å²) in [4.78, 5) is 0. The fourth-order valence-electron chi connectivity index (χ4n) is 2.03. The van der Waals surface area contributed by atoms with Gasteiger partial charge in [-0.2, -0.15) is 5.10 Å². The van der Waals surface area contributed by atoms with Crippen LogP contribution in [0, 0.1) is 6.92 Å². The first-order valence-electron chi connectivity index (χ1n) is 5.78. The zero-order valence-corrected chi connectivity index (χ0v) is 13.7. The van der Waals surface area contributed by atoms with Crippen LogP contribution in [0.15, 0.2) is 22.7 Å². The molecular weight excluding hydrogens is 349 g/mol. The smallest absolute Gasteiger partial charge is 0.130 e. The highest BCUT2D eigenvalue weighted by Gasteiger charge is 2.16. The molecule has 0 bridgehead atoms. The molecule has 0 fully saturated rings. The summed E-state index contributed by atoms with van der Waals surface area (Å²) < 4.78 is 2.58. The Kier molecular flexibility index (Phi) is 4.56. The molecule has 1 atom stereocenters. The summed E-state index contributed by atoms with van der Waals surface area (Å²) in [6.07, 6.45) is 0.630. The summed E-state index contributed by atoms with van der Waals surface area (Å²) in [6.45, 7) is 1.93. The highest BCUT2D eigenvalue weighted by molar-refractivity contribution is 9.10. The van der Waals surface area contributed by atoms with Gasteiger partial charge >= 0.3 is 0 Å². The standard InChI is InChI=1S/C13H14BrCl2N3/c1-7-11(13(16)19(2)18-7)6-12(17)8-3-9(14)5-10(15)4-8/h3-5,12H,6,17H2,1-2H3. The third-order valence-corrected chi connectivity index (χ3v) is 4.16. The summed E-state index contributed by atoms with van der Waals surface area (Å²) in [7, 11) is 1.82. The lowest BCUT2D eigenvalue weighted by molar-refractivity contribution is 0.717. The summed E-state index contributed by atoms with van der Waals surface area (Å²) >= 11 is 15.7. The first kappa shape index (κ1) is 14.9. The average Bonchev–Trinajstić information content (AvgIpc) is 2.54. The van der Waals surface area contributed by atoms with E-state index in [1.54, 1.807) is 4.68 Å². The molecule has 0 saturated carbocycles. The van der Waals surface area contributed by atoms with E-state index in [-0.39, 0.29) is 6.04 Å². The molecular formula is C13H14BrCl2N3. The van der Waals surface area contributed by atoms with E-state index in [9.17, 15) is 0 Å². The Morgan fingerprint density at radius 2 is 2.05 bits per heavy atom. The molecule has 0 aliphatic heterocycles. The molecule has 0 saturated heterocycles. The van der Waals surface area contributed by atoms with Crippen molar-refractivity contribution in [2.45, 2.75) is 19.4 Å². The van der Waals surface area contributed by atoms with Crippen LogP contribution in [-0.2, 0) is 13.5 Å². The van der Waals surface area contributed by atoms with Gasteiger partial charge in [0.25, 0.3) is 0 Å². The van der Waals surface area contributed by atoms with E-state index in [1.807, 2.05) is 32.2 Å². The number of nitrogens with zero attached hydrogens (tertiary/aromatic N) is 2. The molecule has 102 valence electrons. The number of hydrogen-bond acceptors (Lipinski definition) is 2. The molecule has 0 radical (unpaired) electrons. The Labute approximate surface area is 130 Å². The van der Waals surface area contributed by atoms with Crippen LogP contribution in [0.1, 0.15) is 22.9 Å². The van der Waals surface area contributed by atoms with Gasteiger partial charge < -0.3 is 5.73 Å². The lowest BCUT2D eigenvalue weighted by Gasteiger charge is -2.13. The first-order valence-corrected chi connectivity index (χ1v) is 7.33. The zero-order valence-electron chi connectivity index (χ0n) is 10.6. The van der Waals surface area contributed by atoms with E-state index < -0.39 is 0 Å². The van der Waals surface area contributed by atoms with Gasteiger partial charge in [-0.1, -0.05) is 39.1 Å². The van der Waals surface area contributed by atoms with Crippen LogP contribution < -0.4 is 5.73 Å². The van der Waals surface area contributed by atoms with Crippen molar-refractivity contribution in [1.82, 2.24) is 9.78 Å². The van der Waals surface area contributed by atoms with Crippen molar-refractivity contribution in [2.75, 3.05) is 0 Å². The SMILES string of the molecule is Cc1nn(C)c(Cl)c1CC(N)c1cc(Cl)cc(Br)c1. The minimum absolute atomic E-state index is 0.171. The first-order chi connectivity index (χ1) is 8.88. The van der Waals surface area contributed by atoms with Gasteiger partial charge in [0.1, 0.15) is 5.15 Å². The molecule has 0 aliphatic carbocycles. The number of aromatic nitrogens is 2. The lowest BCUT2D eigenvalue weighted by Crippen LogP contribution is -2.14. The summed E-state index contributed by atoms with van der Waals surface area (Å²) in [5, 5.41) is 5.58. The quantitative estimate of drug-likeness (QED) is 0.895. The number of rotatable bonds is 3. The van der Waals surface area contributed by atoms with Crippen molar-refractivity contribution in [1.29, 1.82) is 0 Å². The van der Waals surface area contributed by atoms with Crippen molar-refractivity contribution < 1.29 is 0 Å². The molecule has 6 heteroatoms. The molecule has 3 nitrogen and oxygen atoms in total. The highest BCUT2D eigenvalue weighted by Crippen LogP contribution is 2.28. The molecule has 0 spiro atoms. The second-order valence-electron chi connectivity index (χ2n) is 4.49. The minimum Gasteiger partial charge on any atom is -0.324 e. The summed E-state index contributed by atoms with van der Waals surface area (Å²) in [5.41, 5.74) is 9.09. The van der Waals surface area contributed by atoms with Crippen LogP contribution in [0.3, 0.4) is 0 Å². The van der Waals surface area contributed by atoms with Crippen molar-refractivity contribution in [3.8, 4) is 0 Å². The van der Waals surface area contributed by atoms with Crippen LogP contribution in [0.5, 0.6) is 0 Å². The van der Waals surface area contributed by atoms with Crippen molar-refractivity contribution in [3.63, 3.8) is 0 Å². The topological polar surface area (TPSA) is 43.8 Å². The molecule has 2 aromatic rings. The van der Waals surface area contributed by atoms with E-state index in [1.165, 1.54) is 0 Å². The Morgan fingerprint density at radius 3 is 2.58 bits per heavy atom. The largest absolute Gasteiger partial charge is 0.324 e. The Balaban J connectivity index is 2.27. The number of halogens is 3. The van der Waals surface area contributed by atoms with E-state index >= 15 is 0 Å². The number of hydrogen-bond donors (Lipinski definition) is 1. The highest BCUT2D eigenvalue weighted by atomic mass is 79.9. The second-order valence-corrected chi connectivity index (χ2v) is 6.20. The van der Waals surface area contributed by atoms with Gasteiger partial charge in [-0.3, -0.25) is 4.68 Å². The summed E-state index contributed by atoms with van der Waals surface area (Å²) in [5.74, 6) is 0. The Morgan fingerprint density at radius 1 is 1.37 bits per heavy atom. The van der Waals surface area contributed by atoms with Crippen molar-refractivity contribution in [2.24, 2.45) is 12.8 Å².